The number of nitrogens with zero attached hydrogens (tertiary/aromatic N) is 3. The van der Waals surface area contributed by atoms with Gasteiger partial charge in [0.2, 0.25) is 5.91 Å². The second-order valence-corrected chi connectivity index (χ2v) is 8.35. The van der Waals surface area contributed by atoms with Gasteiger partial charge >= 0.3 is 6.18 Å². The summed E-state index contributed by atoms with van der Waals surface area (Å²) in [7, 11) is 0. The Kier molecular flexibility index (Phi) is 7.62. The minimum atomic E-state index is -4.44. The van der Waals surface area contributed by atoms with Crippen molar-refractivity contribution in [3.63, 3.8) is 0 Å². The first-order valence-corrected chi connectivity index (χ1v) is 11.0. The van der Waals surface area contributed by atoms with Crippen molar-refractivity contribution in [1.82, 2.24) is 14.8 Å². The lowest BCUT2D eigenvalue weighted by Crippen LogP contribution is -2.17. The Bertz CT molecular complexity index is 1100. The summed E-state index contributed by atoms with van der Waals surface area (Å²) < 4.78 is 59.4. The van der Waals surface area contributed by atoms with Gasteiger partial charge in [0.15, 0.2) is 28.7 Å². The summed E-state index contributed by atoms with van der Waals surface area (Å²) in [5, 5.41) is 11.3. The second kappa shape index (κ2) is 10.2. The summed E-state index contributed by atoms with van der Waals surface area (Å²) in [4.78, 5) is 12.3. The van der Waals surface area contributed by atoms with Crippen LogP contribution in [-0.2, 0) is 11.0 Å². The van der Waals surface area contributed by atoms with Crippen LogP contribution >= 0.6 is 11.8 Å². The lowest BCUT2D eigenvalue weighted by atomic mass is 10.2. The first-order valence-electron chi connectivity index (χ1n) is 10.0. The molecule has 1 amide bonds. The van der Waals surface area contributed by atoms with E-state index in [0.29, 0.717) is 11.0 Å². The highest BCUT2D eigenvalue weighted by Crippen LogP contribution is 2.31. The number of carbonyl (C=O) groups excluding carboxylic acids is 1. The monoisotopic (exact) mass is 482 g/mol. The van der Waals surface area contributed by atoms with Crippen LogP contribution in [0.15, 0.2) is 53.7 Å². The van der Waals surface area contributed by atoms with Gasteiger partial charge in [-0.25, -0.2) is 4.39 Å². The molecule has 0 aliphatic heterocycles. The Morgan fingerprint density at radius 3 is 2.36 bits per heavy atom. The van der Waals surface area contributed by atoms with Crippen molar-refractivity contribution in [1.29, 1.82) is 0 Å². The Balaban J connectivity index is 1.65. The largest absolute Gasteiger partial charge is 0.480 e. The normalized spacial score (nSPS) is 12.6. The lowest BCUT2D eigenvalue weighted by Gasteiger charge is -2.19. The van der Waals surface area contributed by atoms with Crippen LogP contribution in [0.1, 0.15) is 44.3 Å². The summed E-state index contributed by atoms with van der Waals surface area (Å²) >= 11 is 1.13. The number of ether oxygens (including phenoxy) is 1. The van der Waals surface area contributed by atoms with Crippen LogP contribution in [0.3, 0.4) is 0 Å². The number of halogens is 4. The van der Waals surface area contributed by atoms with Crippen LogP contribution < -0.4 is 10.1 Å². The molecule has 0 aliphatic rings. The van der Waals surface area contributed by atoms with Crippen molar-refractivity contribution in [2.45, 2.75) is 44.2 Å². The number of para-hydroxylation sites is 1. The van der Waals surface area contributed by atoms with Crippen LogP contribution in [0.4, 0.5) is 23.2 Å². The maximum Gasteiger partial charge on any atom is 0.416 e. The highest BCUT2D eigenvalue weighted by Gasteiger charge is 2.30. The van der Waals surface area contributed by atoms with Crippen molar-refractivity contribution >= 4 is 23.4 Å². The molecule has 6 nitrogen and oxygen atoms in total. The zero-order valence-corrected chi connectivity index (χ0v) is 18.9. The number of hydrogen-bond donors (Lipinski definition) is 1. The number of nitrogens with one attached hydrogen (secondary N) is 1. The molecule has 0 bridgehead atoms. The van der Waals surface area contributed by atoms with E-state index in [2.05, 4.69) is 15.5 Å². The third kappa shape index (κ3) is 6.25. The number of carbonyl (C=O) groups is 1. The van der Waals surface area contributed by atoms with Gasteiger partial charge in [0.25, 0.3) is 0 Å². The van der Waals surface area contributed by atoms with E-state index in [-0.39, 0.29) is 23.2 Å². The van der Waals surface area contributed by atoms with E-state index in [4.69, 9.17) is 4.74 Å². The average molecular weight is 483 g/mol. The first-order chi connectivity index (χ1) is 15.6. The van der Waals surface area contributed by atoms with Crippen molar-refractivity contribution in [3.8, 4) is 5.75 Å². The van der Waals surface area contributed by atoms with E-state index in [0.717, 1.165) is 23.9 Å². The molecule has 0 radical (unpaired) electrons. The van der Waals surface area contributed by atoms with Crippen LogP contribution in [0.2, 0.25) is 0 Å². The fourth-order valence-corrected chi connectivity index (χ4v) is 3.88. The van der Waals surface area contributed by atoms with Crippen molar-refractivity contribution in [3.05, 3.63) is 65.7 Å². The molecule has 0 fully saturated rings. The lowest BCUT2D eigenvalue weighted by molar-refractivity contribution is -0.137. The van der Waals surface area contributed by atoms with E-state index >= 15 is 0 Å². The molecule has 176 valence electrons. The highest BCUT2D eigenvalue weighted by atomic mass is 32.2. The van der Waals surface area contributed by atoms with Crippen LogP contribution in [-0.4, -0.2) is 26.4 Å². The molecule has 1 atom stereocenters. The predicted octanol–water partition coefficient (Wildman–Crippen LogP) is 5.89. The SMILES string of the molecule is CC(Oc1ccccc1F)c1nnc(SCC(=O)Nc2ccc(C(F)(F)F)cc2)n1C(C)C. The Morgan fingerprint density at radius 1 is 1.09 bits per heavy atom. The molecule has 1 aromatic heterocycles. The topological polar surface area (TPSA) is 69.0 Å². The maximum atomic E-state index is 13.9. The van der Waals surface area contributed by atoms with Gasteiger partial charge in [0.1, 0.15) is 0 Å². The third-order valence-corrected chi connectivity index (χ3v) is 5.48. The van der Waals surface area contributed by atoms with Crippen LogP contribution in [0.25, 0.3) is 0 Å². The number of alkyl halides is 3. The van der Waals surface area contributed by atoms with Crippen molar-refractivity contribution in [2.75, 3.05) is 11.1 Å². The number of hydrogen-bond acceptors (Lipinski definition) is 5. The Hall–Kier alpha value is -3.08. The molecule has 2 aromatic carbocycles. The third-order valence-electron chi connectivity index (χ3n) is 4.54. The molecular weight excluding hydrogens is 460 g/mol. The maximum absolute atomic E-state index is 13.9. The van der Waals surface area contributed by atoms with E-state index in [9.17, 15) is 22.4 Å². The molecule has 1 heterocycles. The molecule has 0 saturated carbocycles. The highest BCUT2D eigenvalue weighted by molar-refractivity contribution is 7.99. The Morgan fingerprint density at radius 2 is 1.76 bits per heavy atom. The molecular formula is C22H22F4N4O2S. The fourth-order valence-electron chi connectivity index (χ4n) is 3.00. The van der Waals surface area contributed by atoms with Crippen molar-refractivity contribution < 1.29 is 27.1 Å². The first kappa shape index (κ1) is 24.6. The van der Waals surface area contributed by atoms with Gasteiger partial charge in [-0.2, -0.15) is 13.2 Å². The summed E-state index contributed by atoms with van der Waals surface area (Å²) in [6.45, 7) is 5.55. The van der Waals surface area contributed by atoms with E-state index in [1.165, 1.54) is 24.3 Å². The van der Waals surface area contributed by atoms with Gasteiger partial charge in [0, 0.05) is 11.7 Å². The van der Waals surface area contributed by atoms with E-state index < -0.39 is 29.6 Å². The van der Waals surface area contributed by atoms with E-state index in [1.807, 2.05) is 13.8 Å². The standard InChI is InChI=1S/C22H22F4N4O2S/c1-13(2)30-20(14(3)32-18-7-5-4-6-17(18)23)28-29-21(30)33-12-19(31)27-16-10-8-15(9-11-16)22(24,25)26/h4-11,13-14H,12H2,1-3H3,(H,27,31). The number of aromatic nitrogens is 3. The molecule has 33 heavy (non-hydrogen) atoms. The van der Waals surface area contributed by atoms with Crippen LogP contribution in [0.5, 0.6) is 5.75 Å². The molecule has 3 rings (SSSR count). The minimum absolute atomic E-state index is 0.0333. The zero-order valence-electron chi connectivity index (χ0n) is 18.1. The van der Waals surface area contributed by atoms with Gasteiger partial charge in [0.05, 0.1) is 11.3 Å². The average Bonchev–Trinajstić information content (AvgIpc) is 3.18. The summed E-state index contributed by atoms with van der Waals surface area (Å²) in [6, 6.07) is 10.2. The number of benzene rings is 2. The van der Waals surface area contributed by atoms with Gasteiger partial charge in [-0.15, -0.1) is 10.2 Å². The predicted molar refractivity (Wildman–Crippen MR) is 117 cm³/mol. The number of anilines is 1. The minimum Gasteiger partial charge on any atom is -0.480 e. The molecule has 0 saturated heterocycles. The smallest absolute Gasteiger partial charge is 0.416 e. The summed E-state index contributed by atoms with van der Waals surface area (Å²) in [6.07, 6.45) is -5.04. The number of rotatable bonds is 8. The Labute approximate surface area is 192 Å². The van der Waals surface area contributed by atoms with Gasteiger partial charge < -0.3 is 14.6 Å². The van der Waals surface area contributed by atoms with E-state index in [1.54, 1.807) is 23.6 Å². The molecule has 1 N–H and O–H groups in total. The zero-order chi connectivity index (χ0) is 24.2. The fraction of sp³-hybridized carbons (Fsp3) is 0.318. The van der Waals surface area contributed by atoms with Crippen LogP contribution in [0, 0.1) is 5.82 Å². The summed E-state index contributed by atoms with van der Waals surface area (Å²) in [5.41, 5.74) is -0.536. The quantitative estimate of drug-likeness (QED) is 0.320. The second-order valence-electron chi connectivity index (χ2n) is 7.41. The van der Waals surface area contributed by atoms with Crippen molar-refractivity contribution in [2.24, 2.45) is 0 Å². The summed E-state index contributed by atoms with van der Waals surface area (Å²) in [5.74, 6) is -0.369. The molecule has 3 aromatic rings. The van der Waals surface area contributed by atoms with Gasteiger partial charge in [-0.1, -0.05) is 23.9 Å². The van der Waals surface area contributed by atoms with Gasteiger partial charge in [-0.3, -0.25) is 4.79 Å². The number of amides is 1. The molecule has 1 unspecified atom stereocenters. The van der Waals surface area contributed by atoms with Gasteiger partial charge in [-0.05, 0) is 57.2 Å². The molecule has 11 heteroatoms. The molecule has 0 aliphatic carbocycles. The number of thioether (sulfide) groups is 1. The molecule has 0 spiro atoms.